The molecule has 0 heterocycles. The molecule has 24 heavy (non-hydrogen) atoms. The van der Waals surface area contributed by atoms with Crippen LogP contribution in [0.4, 0.5) is 0 Å². The first-order chi connectivity index (χ1) is 11.2. The highest BCUT2D eigenvalue weighted by Gasteiger charge is 2.20. The summed E-state index contributed by atoms with van der Waals surface area (Å²) in [4.78, 5) is 17.7. The molecule has 0 aliphatic carbocycles. The van der Waals surface area contributed by atoms with E-state index in [4.69, 9.17) is 0 Å². The highest BCUT2D eigenvalue weighted by Crippen LogP contribution is 2.21. The van der Waals surface area contributed by atoms with Gasteiger partial charge in [0.25, 0.3) is 0 Å². The Balaban J connectivity index is 2.73. The van der Waals surface area contributed by atoms with Gasteiger partial charge in [-0.3, -0.25) is 4.79 Å². The molecule has 1 amide bonds. The lowest BCUT2D eigenvalue weighted by Crippen LogP contribution is -2.45. The van der Waals surface area contributed by atoms with Crippen molar-refractivity contribution in [3.63, 3.8) is 0 Å². The topological polar surface area (TPSA) is 56.7 Å². The Bertz CT molecular complexity index is 536. The van der Waals surface area contributed by atoms with Gasteiger partial charge in [0, 0.05) is 32.6 Å². The average Bonchev–Trinajstić information content (AvgIpc) is 2.54. The number of rotatable bonds is 7. The average molecular weight is 332 g/mol. The van der Waals surface area contributed by atoms with Gasteiger partial charge in [0.05, 0.1) is 0 Å². The smallest absolute Gasteiger partial charge is 0.243 e. The summed E-state index contributed by atoms with van der Waals surface area (Å²) in [6.07, 6.45) is 0. The van der Waals surface area contributed by atoms with Crippen molar-refractivity contribution in [2.75, 3.05) is 33.7 Å². The third-order valence-corrected chi connectivity index (χ3v) is 3.80. The molecule has 0 bridgehead atoms. The molecule has 0 atom stereocenters. The lowest BCUT2D eigenvalue weighted by molar-refractivity contribution is -0.127. The van der Waals surface area contributed by atoms with E-state index in [-0.39, 0.29) is 17.9 Å². The van der Waals surface area contributed by atoms with Crippen LogP contribution in [0, 0.1) is 5.92 Å². The van der Waals surface area contributed by atoms with Gasteiger partial charge in [-0.25, -0.2) is 4.99 Å². The maximum Gasteiger partial charge on any atom is 0.243 e. The van der Waals surface area contributed by atoms with Gasteiger partial charge in [0.15, 0.2) is 5.96 Å². The first kappa shape index (κ1) is 20.0. The Morgan fingerprint density at radius 3 is 2.33 bits per heavy atom. The van der Waals surface area contributed by atoms with Crippen LogP contribution >= 0.6 is 0 Å². The summed E-state index contributed by atoms with van der Waals surface area (Å²) in [6.45, 7) is 10.4. The zero-order valence-corrected chi connectivity index (χ0v) is 15.9. The fourth-order valence-corrected chi connectivity index (χ4v) is 2.06. The summed E-state index contributed by atoms with van der Waals surface area (Å²) in [5, 5.41) is 6.68. The van der Waals surface area contributed by atoms with Crippen LogP contribution in [-0.4, -0.2) is 50.5 Å². The largest absolute Gasteiger partial charge is 0.356 e. The second-order valence-corrected chi connectivity index (χ2v) is 7.33. The SMILES string of the molecule is CC(C)CNC(=NCC(=O)N(C)C)NCC(C)(C)c1ccccc1. The van der Waals surface area contributed by atoms with E-state index < -0.39 is 0 Å². The molecule has 1 aromatic rings. The number of benzene rings is 1. The highest BCUT2D eigenvalue weighted by molar-refractivity contribution is 5.84. The van der Waals surface area contributed by atoms with Crippen LogP contribution in [0.2, 0.25) is 0 Å². The van der Waals surface area contributed by atoms with Gasteiger partial charge in [-0.2, -0.15) is 0 Å². The Morgan fingerprint density at radius 1 is 1.17 bits per heavy atom. The first-order valence-corrected chi connectivity index (χ1v) is 8.50. The normalized spacial score (nSPS) is 12.2. The number of amides is 1. The second kappa shape index (κ2) is 9.30. The summed E-state index contributed by atoms with van der Waals surface area (Å²) < 4.78 is 0. The lowest BCUT2D eigenvalue weighted by Gasteiger charge is -2.27. The van der Waals surface area contributed by atoms with E-state index in [0.717, 1.165) is 13.1 Å². The number of hydrogen-bond acceptors (Lipinski definition) is 2. The number of guanidine groups is 1. The number of aliphatic imine (C=N–C) groups is 1. The Morgan fingerprint density at radius 2 is 1.79 bits per heavy atom. The van der Waals surface area contributed by atoms with Gasteiger partial charge in [-0.15, -0.1) is 0 Å². The molecule has 5 nitrogen and oxygen atoms in total. The number of nitrogens with zero attached hydrogens (tertiary/aromatic N) is 2. The van der Waals surface area contributed by atoms with Crippen LogP contribution in [0.1, 0.15) is 33.3 Å². The van der Waals surface area contributed by atoms with E-state index in [1.807, 2.05) is 6.07 Å². The van der Waals surface area contributed by atoms with Crippen molar-refractivity contribution in [3.8, 4) is 0 Å². The van der Waals surface area contributed by atoms with Crippen molar-refractivity contribution < 1.29 is 4.79 Å². The molecule has 1 rings (SSSR count). The Labute approximate surface area is 146 Å². The molecule has 0 saturated heterocycles. The van der Waals surface area contributed by atoms with Crippen molar-refractivity contribution >= 4 is 11.9 Å². The van der Waals surface area contributed by atoms with Crippen LogP contribution in [0.5, 0.6) is 0 Å². The molecular weight excluding hydrogens is 300 g/mol. The van der Waals surface area contributed by atoms with Gasteiger partial charge in [0.2, 0.25) is 5.91 Å². The molecule has 0 saturated carbocycles. The number of hydrogen-bond donors (Lipinski definition) is 2. The molecule has 0 radical (unpaired) electrons. The van der Waals surface area contributed by atoms with Crippen LogP contribution in [0.25, 0.3) is 0 Å². The molecule has 5 heteroatoms. The minimum absolute atomic E-state index is 0.0111. The standard InChI is InChI=1S/C19H32N4O/c1-15(2)12-20-18(21-13-17(24)23(5)6)22-14-19(3,4)16-10-8-7-9-11-16/h7-11,15H,12-14H2,1-6H3,(H2,20,21,22). The molecule has 1 aromatic carbocycles. The number of nitrogens with one attached hydrogen (secondary N) is 2. The Kier molecular flexibility index (Phi) is 7.75. The number of carbonyl (C=O) groups is 1. The highest BCUT2D eigenvalue weighted by atomic mass is 16.2. The summed E-state index contributed by atoms with van der Waals surface area (Å²) in [5.74, 6) is 1.18. The minimum atomic E-state index is -0.0346. The predicted octanol–water partition coefficient (Wildman–Crippen LogP) is 2.24. The Hall–Kier alpha value is -2.04. The predicted molar refractivity (Wildman–Crippen MR) is 101 cm³/mol. The van der Waals surface area contributed by atoms with Crippen LogP contribution in [0.15, 0.2) is 35.3 Å². The van der Waals surface area contributed by atoms with Crippen LogP contribution in [-0.2, 0) is 10.2 Å². The molecule has 0 aromatic heterocycles. The minimum Gasteiger partial charge on any atom is -0.356 e. The number of carbonyl (C=O) groups excluding carboxylic acids is 1. The monoisotopic (exact) mass is 332 g/mol. The maximum absolute atomic E-state index is 11.8. The van der Waals surface area contributed by atoms with Crippen LogP contribution < -0.4 is 10.6 Å². The van der Waals surface area contributed by atoms with Gasteiger partial charge in [0.1, 0.15) is 6.54 Å². The molecule has 0 aliphatic heterocycles. The van der Waals surface area contributed by atoms with Crippen molar-refractivity contribution in [2.45, 2.75) is 33.1 Å². The summed E-state index contributed by atoms with van der Waals surface area (Å²) in [7, 11) is 3.48. The van der Waals surface area contributed by atoms with Crippen molar-refractivity contribution in [1.82, 2.24) is 15.5 Å². The summed E-state index contributed by atoms with van der Waals surface area (Å²) in [6, 6.07) is 10.4. The maximum atomic E-state index is 11.8. The van der Waals surface area contributed by atoms with Gasteiger partial charge in [-0.1, -0.05) is 58.0 Å². The van der Waals surface area contributed by atoms with E-state index in [0.29, 0.717) is 11.9 Å². The van der Waals surface area contributed by atoms with E-state index in [1.165, 1.54) is 5.56 Å². The second-order valence-electron chi connectivity index (χ2n) is 7.33. The number of likely N-dealkylation sites (N-methyl/N-ethyl adjacent to an activating group) is 1. The quantitative estimate of drug-likeness (QED) is 0.595. The van der Waals surface area contributed by atoms with Gasteiger partial charge >= 0.3 is 0 Å². The zero-order chi connectivity index (χ0) is 18.2. The molecule has 0 aliphatic rings. The third kappa shape index (κ3) is 7.02. The van der Waals surface area contributed by atoms with Crippen molar-refractivity contribution in [2.24, 2.45) is 10.9 Å². The molecule has 0 fully saturated rings. The zero-order valence-electron chi connectivity index (χ0n) is 15.9. The summed E-state index contributed by atoms with van der Waals surface area (Å²) in [5.41, 5.74) is 1.23. The van der Waals surface area contributed by atoms with Crippen molar-refractivity contribution in [3.05, 3.63) is 35.9 Å². The fourth-order valence-electron chi connectivity index (χ4n) is 2.06. The molecular formula is C19H32N4O. The van der Waals surface area contributed by atoms with Gasteiger partial charge < -0.3 is 15.5 Å². The molecule has 0 spiro atoms. The van der Waals surface area contributed by atoms with Gasteiger partial charge in [-0.05, 0) is 11.5 Å². The molecule has 134 valence electrons. The third-order valence-electron chi connectivity index (χ3n) is 3.80. The summed E-state index contributed by atoms with van der Waals surface area (Å²) >= 11 is 0. The lowest BCUT2D eigenvalue weighted by atomic mass is 9.85. The van der Waals surface area contributed by atoms with E-state index in [2.05, 4.69) is 67.6 Å². The van der Waals surface area contributed by atoms with Crippen LogP contribution in [0.3, 0.4) is 0 Å². The van der Waals surface area contributed by atoms with E-state index in [1.54, 1.807) is 19.0 Å². The van der Waals surface area contributed by atoms with E-state index >= 15 is 0 Å². The van der Waals surface area contributed by atoms with Crippen molar-refractivity contribution in [1.29, 1.82) is 0 Å². The molecule has 2 N–H and O–H groups in total. The fraction of sp³-hybridized carbons (Fsp3) is 0.579. The first-order valence-electron chi connectivity index (χ1n) is 8.50. The molecule has 0 unspecified atom stereocenters. The van der Waals surface area contributed by atoms with E-state index in [9.17, 15) is 4.79 Å².